The summed E-state index contributed by atoms with van der Waals surface area (Å²) in [7, 11) is 0. The lowest BCUT2D eigenvalue weighted by Gasteiger charge is -2.39. The second-order valence-electron chi connectivity index (χ2n) is 11.8. The molecule has 8 aromatic rings. The first-order chi connectivity index (χ1) is 21.7. The van der Waals surface area contributed by atoms with E-state index in [-0.39, 0.29) is 5.82 Å². The van der Waals surface area contributed by atoms with E-state index >= 15 is 0 Å². The maximum Gasteiger partial charge on any atom is 0.123 e. The average molecular weight is 582 g/mol. The van der Waals surface area contributed by atoms with E-state index in [1.54, 1.807) is 12.1 Å². The lowest BCUT2D eigenvalue weighted by atomic mass is 9.67. The van der Waals surface area contributed by atoms with Crippen LogP contribution in [-0.2, 0) is 5.41 Å². The van der Waals surface area contributed by atoms with Gasteiger partial charge in [0.2, 0.25) is 0 Å². The van der Waals surface area contributed by atoms with E-state index in [0.29, 0.717) is 0 Å². The summed E-state index contributed by atoms with van der Waals surface area (Å²) in [6.07, 6.45) is 0. The SMILES string of the molecule is Fc1ccc(-n2c3cc4c(cc3c3ccc5ccccc5c32)C2(c3ccccc3S4)c3ccccc3-c3ccccc32)cc1. The van der Waals surface area contributed by atoms with E-state index < -0.39 is 5.41 Å². The smallest absolute Gasteiger partial charge is 0.123 e. The molecule has 206 valence electrons. The number of hydrogen-bond acceptors (Lipinski definition) is 1. The Hall–Kier alpha value is -5.12. The fourth-order valence-corrected chi connectivity index (χ4v) is 9.19. The Balaban J connectivity index is 1.40. The minimum atomic E-state index is -0.431. The molecule has 1 aliphatic carbocycles. The molecule has 0 N–H and O–H groups in total. The zero-order valence-corrected chi connectivity index (χ0v) is 24.4. The summed E-state index contributed by atoms with van der Waals surface area (Å²) in [5.41, 5.74) is 10.7. The lowest BCUT2D eigenvalue weighted by Crippen LogP contribution is -2.31. The summed E-state index contributed by atoms with van der Waals surface area (Å²) < 4.78 is 16.5. The molecule has 1 aromatic heterocycles. The summed E-state index contributed by atoms with van der Waals surface area (Å²) in [6, 6.07) is 51.6. The number of halogens is 1. The summed E-state index contributed by atoms with van der Waals surface area (Å²) in [4.78, 5) is 2.53. The van der Waals surface area contributed by atoms with Crippen LogP contribution in [0, 0.1) is 5.82 Å². The zero-order chi connectivity index (χ0) is 29.0. The maximum absolute atomic E-state index is 14.2. The van der Waals surface area contributed by atoms with Gasteiger partial charge < -0.3 is 4.57 Å². The quantitative estimate of drug-likeness (QED) is 0.187. The maximum atomic E-state index is 14.2. The van der Waals surface area contributed by atoms with Crippen LogP contribution >= 0.6 is 11.8 Å². The number of nitrogens with zero attached hydrogens (tertiary/aromatic N) is 1. The predicted molar refractivity (Wildman–Crippen MR) is 180 cm³/mol. The number of rotatable bonds is 1. The van der Waals surface area contributed by atoms with E-state index in [2.05, 4.69) is 126 Å². The molecule has 0 saturated heterocycles. The van der Waals surface area contributed by atoms with Gasteiger partial charge in [0.1, 0.15) is 5.82 Å². The van der Waals surface area contributed by atoms with Crippen LogP contribution in [-0.4, -0.2) is 4.57 Å². The van der Waals surface area contributed by atoms with E-state index in [4.69, 9.17) is 0 Å². The van der Waals surface area contributed by atoms with Gasteiger partial charge in [-0.3, -0.25) is 0 Å². The number of hydrogen-bond donors (Lipinski definition) is 0. The van der Waals surface area contributed by atoms with Crippen molar-refractivity contribution in [3.8, 4) is 16.8 Å². The molecular formula is C41H24FNS. The van der Waals surface area contributed by atoms with Gasteiger partial charge in [0.15, 0.2) is 0 Å². The molecule has 0 unspecified atom stereocenters. The van der Waals surface area contributed by atoms with Crippen molar-refractivity contribution in [2.75, 3.05) is 0 Å². The molecule has 7 aromatic carbocycles. The van der Waals surface area contributed by atoms with Gasteiger partial charge in [-0.25, -0.2) is 4.39 Å². The van der Waals surface area contributed by atoms with Crippen LogP contribution in [0.2, 0.25) is 0 Å². The van der Waals surface area contributed by atoms with Crippen molar-refractivity contribution in [3.05, 3.63) is 174 Å². The van der Waals surface area contributed by atoms with Crippen LogP contribution in [0.25, 0.3) is 49.4 Å². The highest BCUT2D eigenvalue weighted by molar-refractivity contribution is 7.99. The first-order valence-corrected chi connectivity index (χ1v) is 15.8. The third kappa shape index (κ3) is 3.00. The monoisotopic (exact) mass is 581 g/mol. The van der Waals surface area contributed by atoms with Gasteiger partial charge in [0.25, 0.3) is 0 Å². The van der Waals surface area contributed by atoms with Crippen molar-refractivity contribution in [1.29, 1.82) is 0 Å². The fraction of sp³-hybridized carbons (Fsp3) is 0.0244. The minimum Gasteiger partial charge on any atom is -0.309 e. The highest BCUT2D eigenvalue weighted by Gasteiger charge is 2.50. The second kappa shape index (κ2) is 8.72. The van der Waals surface area contributed by atoms with Crippen LogP contribution in [0.15, 0.2) is 155 Å². The molecule has 0 saturated carbocycles. The Labute approximate surface area is 258 Å². The molecule has 0 fully saturated rings. The van der Waals surface area contributed by atoms with Crippen molar-refractivity contribution in [2.24, 2.45) is 0 Å². The standard InChI is InChI=1S/C41H24FNS/c42-26-18-20-27(21-19-26)43-37-24-39-36(23-32(37)31-22-17-25-9-1-2-10-28(25)40(31)43)41(35-15-7-8-16-38(35)44-39)33-13-5-3-11-29(33)30-12-4-6-14-34(30)41/h1-24H. The largest absolute Gasteiger partial charge is 0.309 e. The predicted octanol–water partition coefficient (Wildman–Crippen LogP) is 10.9. The van der Waals surface area contributed by atoms with Crippen molar-refractivity contribution < 1.29 is 4.39 Å². The van der Waals surface area contributed by atoms with E-state index in [0.717, 1.165) is 16.7 Å². The third-order valence-corrected chi connectivity index (χ3v) is 10.8. The summed E-state index contributed by atoms with van der Waals surface area (Å²) in [5.74, 6) is -0.232. The first-order valence-electron chi connectivity index (χ1n) is 15.0. The summed E-state index contributed by atoms with van der Waals surface area (Å²) >= 11 is 1.85. The normalized spacial score (nSPS) is 14.1. The third-order valence-electron chi connectivity index (χ3n) is 9.71. The Bertz CT molecular complexity index is 2440. The Kier molecular flexibility index (Phi) is 4.82. The Morgan fingerprint density at radius 1 is 0.500 bits per heavy atom. The molecule has 0 bridgehead atoms. The molecule has 2 aliphatic rings. The first kappa shape index (κ1) is 24.3. The minimum absolute atomic E-state index is 0.232. The van der Waals surface area contributed by atoms with Gasteiger partial charge in [-0.05, 0) is 81.2 Å². The van der Waals surface area contributed by atoms with Crippen LogP contribution in [0.3, 0.4) is 0 Å². The lowest BCUT2D eigenvalue weighted by molar-refractivity contribution is 0.627. The fourth-order valence-electron chi connectivity index (χ4n) is 7.98. The van der Waals surface area contributed by atoms with Crippen LogP contribution < -0.4 is 0 Å². The molecular weight excluding hydrogens is 558 g/mol. The van der Waals surface area contributed by atoms with Gasteiger partial charge in [-0.15, -0.1) is 0 Å². The summed E-state index contributed by atoms with van der Waals surface area (Å²) in [6.45, 7) is 0. The van der Waals surface area contributed by atoms with E-state index in [9.17, 15) is 4.39 Å². The van der Waals surface area contributed by atoms with Gasteiger partial charge in [-0.1, -0.05) is 115 Å². The number of aromatic nitrogens is 1. The van der Waals surface area contributed by atoms with Gasteiger partial charge in [0, 0.05) is 31.6 Å². The molecule has 2 heterocycles. The topological polar surface area (TPSA) is 4.93 Å². The van der Waals surface area contributed by atoms with Gasteiger partial charge in [-0.2, -0.15) is 0 Å². The second-order valence-corrected chi connectivity index (χ2v) is 12.9. The zero-order valence-electron chi connectivity index (χ0n) is 23.6. The van der Waals surface area contributed by atoms with Crippen LogP contribution in [0.4, 0.5) is 4.39 Å². The average Bonchev–Trinajstić information content (AvgIpc) is 3.55. The van der Waals surface area contributed by atoms with Crippen LogP contribution in [0.1, 0.15) is 22.3 Å². The van der Waals surface area contributed by atoms with E-state index in [1.807, 2.05) is 23.9 Å². The van der Waals surface area contributed by atoms with E-state index in [1.165, 1.54) is 64.7 Å². The van der Waals surface area contributed by atoms with Crippen LogP contribution in [0.5, 0.6) is 0 Å². The van der Waals surface area contributed by atoms with Crippen molar-refractivity contribution >= 4 is 44.3 Å². The molecule has 1 spiro atoms. The highest BCUT2D eigenvalue weighted by Crippen LogP contribution is 2.62. The highest BCUT2D eigenvalue weighted by atomic mass is 32.2. The Morgan fingerprint density at radius 3 is 1.93 bits per heavy atom. The van der Waals surface area contributed by atoms with Crippen molar-refractivity contribution in [3.63, 3.8) is 0 Å². The summed E-state index contributed by atoms with van der Waals surface area (Å²) in [5, 5.41) is 4.78. The molecule has 0 radical (unpaired) electrons. The molecule has 0 amide bonds. The number of benzene rings is 7. The molecule has 44 heavy (non-hydrogen) atoms. The van der Waals surface area contributed by atoms with Crippen molar-refractivity contribution in [2.45, 2.75) is 15.2 Å². The van der Waals surface area contributed by atoms with Gasteiger partial charge >= 0.3 is 0 Å². The molecule has 0 atom stereocenters. The Morgan fingerprint density at radius 2 is 1.16 bits per heavy atom. The number of fused-ring (bicyclic) bond motifs is 14. The van der Waals surface area contributed by atoms with Gasteiger partial charge in [0.05, 0.1) is 16.4 Å². The molecule has 3 heteroatoms. The van der Waals surface area contributed by atoms with Crippen molar-refractivity contribution in [1.82, 2.24) is 4.57 Å². The molecule has 10 rings (SSSR count). The molecule has 1 nitrogen and oxygen atoms in total. The molecule has 1 aliphatic heterocycles.